The maximum absolute atomic E-state index is 13.3. The minimum atomic E-state index is -4.51. The van der Waals surface area contributed by atoms with Gasteiger partial charge in [-0.05, 0) is 36.6 Å². The molecular formula is C20H16F3N3O2. The third-order valence-corrected chi connectivity index (χ3v) is 4.76. The number of benzene rings is 1. The number of pyridine rings is 1. The van der Waals surface area contributed by atoms with E-state index in [9.17, 15) is 22.8 Å². The molecule has 1 amide bonds. The van der Waals surface area contributed by atoms with Crippen LogP contribution in [0.15, 0.2) is 59.7 Å². The van der Waals surface area contributed by atoms with Crippen LogP contribution in [0.25, 0.3) is 5.65 Å². The van der Waals surface area contributed by atoms with E-state index in [2.05, 4.69) is 4.98 Å². The van der Waals surface area contributed by atoms with Crippen molar-refractivity contribution in [2.45, 2.75) is 31.6 Å². The van der Waals surface area contributed by atoms with E-state index < -0.39 is 23.2 Å². The highest BCUT2D eigenvalue weighted by molar-refractivity contribution is 5.94. The Labute approximate surface area is 158 Å². The minimum absolute atomic E-state index is 0.00380. The van der Waals surface area contributed by atoms with Gasteiger partial charge in [0.1, 0.15) is 11.2 Å². The van der Waals surface area contributed by atoms with E-state index in [1.807, 2.05) is 0 Å². The molecule has 1 aromatic carbocycles. The Bertz CT molecular complexity index is 1100. The molecule has 0 atom stereocenters. The fourth-order valence-electron chi connectivity index (χ4n) is 3.20. The van der Waals surface area contributed by atoms with Gasteiger partial charge in [0.15, 0.2) is 0 Å². The second-order valence-corrected chi connectivity index (χ2v) is 6.72. The number of aromatic nitrogens is 2. The van der Waals surface area contributed by atoms with Gasteiger partial charge in [-0.2, -0.15) is 13.2 Å². The Morgan fingerprint density at radius 3 is 2.57 bits per heavy atom. The molecule has 0 radical (unpaired) electrons. The number of rotatable bonds is 4. The maximum atomic E-state index is 13.3. The van der Waals surface area contributed by atoms with Crippen LogP contribution >= 0.6 is 0 Å². The van der Waals surface area contributed by atoms with Crippen molar-refractivity contribution in [2.75, 3.05) is 0 Å². The van der Waals surface area contributed by atoms with Gasteiger partial charge in [0, 0.05) is 25.0 Å². The van der Waals surface area contributed by atoms with Crippen molar-refractivity contribution in [2.24, 2.45) is 0 Å². The van der Waals surface area contributed by atoms with E-state index in [-0.39, 0.29) is 23.7 Å². The third-order valence-electron chi connectivity index (χ3n) is 4.76. The highest BCUT2D eigenvalue weighted by Crippen LogP contribution is 2.35. The van der Waals surface area contributed by atoms with Crippen LogP contribution < -0.4 is 5.56 Å². The zero-order valence-electron chi connectivity index (χ0n) is 14.7. The Balaban J connectivity index is 1.72. The smallest absolute Gasteiger partial charge is 0.331 e. The second kappa shape index (κ2) is 6.78. The van der Waals surface area contributed by atoms with Crippen molar-refractivity contribution in [3.8, 4) is 0 Å². The highest BCUT2D eigenvalue weighted by atomic mass is 19.4. The van der Waals surface area contributed by atoms with Crippen LogP contribution in [-0.4, -0.2) is 26.2 Å². The standard InChI is InChI=1S/C20H16F3N3O2/c21-20(22,23)16-6-2-1-5-13(16)12-26(14-8-9-14)19(28)15-11-24-17-7-3-4-10-25(17)18(15)27/h1-7,10-11,14H,8-9,12H2. The molecule has 0 unspecified atom stereocenters. The zero-order chi connectivity index (χ0) is 19.9. The number of fused-ring (bicyclic) bond motifs is 1. The summed E-state index contributed by atoms with van der Waals surface area (Å²) < 4.78 is 41.2. The summed E-state index contributed by atoms with van der Waals surface area (Å²) in [6, 6.07) is 9.99. The molecule has 0 bridgehead atoms. The molecule has 3 aromatic rings. The van der Waals surface area contributed by atoms with E-state index in [1.54, 1.807) is 18.2 Å². The quantitative estimate of drug-likeness (QED) is 0.688. The molecule has 1 aliphatic carbocycles. The Morgan fingerprint density at radius 2 is 1.86 bits per heavy atom. The molecule has 5 nitrogen and oxygen atoms in total. The van der Waals surface area contributed by atoms with Gasteiger partial charge in [-0.1, -0.05) is 24.3 Å². The van der Waals surface area contributed by atoms with E-state index in [0.717, 1.165) is 6.07 Å². The van der Waals surface area contributed by atoms with Crippen LogP contribution in [0.2, 0.25) is 0 Å². The predicted molar refractivity (Wildman–Crippen MR) is 95.8 cm³/mol. The summed E-state index contributed by atoms with van der Waals surface area (Å²) in [5.74, 6) is -0.602. The first kappa shape index (κ1) is 18.2. The molecule has 0 aliphatic heterocycles. The number of hydrogen-bond acceptors (Lipinski definition) is 3. The SMILES string of the molecule is O=C(c1cnc2ccccn2c1=O)N(Cc1ccccc1C(F)(F)F)C1CC1. The summed E-state index contributed by atoms with van der Waals surface area (Å²) in [5.41, 5.74) is -1.07. The number of carbonyl (C=O) groups excluding carboxylic acids is 1. The summed E-state index contributed by atoms with van der Waals surface area (Å²) in [6.45, 7) is -0.212. The number of amides is 1. The maximum Gasteiger partial charge on any atom is 0.416 e. The van der Waals surface area contributed by atoms with Crippen LogP contribution in [0, 0.1) is 0 Å². The number of nitrogens with zero attached hydrogens (tertiary/aromatic N) is 3. The minimum Gasteiger partial charge on any atom is -0.331 e. The van der Waals surface area contributed by atoms with Gasteiger partial charge in [-0.3, -0.25) is 14.0 Å². The van der Waals surface area contributed by atoms with Crippen molar-refractivity contribution in [1.82, 2.24) is 14.3 Å². The molecule has 1 aliphatic rings. The van der Waals surface area contributed by atoms with Gasteiger partial charge >= 0.3 is 6.18 Å². The van der Waals surface area contributed by atoms with E-state index in [0.29, 0.717) is 18.5 Å². The predicted octanol–water partition coefficient (Wildman–Crippen LogP) is 3.52. The number of alkyl halides is 3. The largest absolute Gasteiger partial charge is 0.416 e. The molecule has 4 rings (SSSR count). The van der Waals surface area contributed by atoms with Crippen LogP contribution in [0.5, 0.6) is 0 Å². The molecular weight excluding hydrogens is 371 g/mol. The summed E-state index contributed by atoms with van der Waals surface area (Å²) in [4.78, 5) is 31.2. The topological polar surface area (TPSA) is 54.7 Å². The number of halogens is 3. The first-order valence-corrected chi connectivity index (χ1v) is 8.79. The molecule has 1 saturated carbocycles. The van der Waals surface area contributed by atoms with Gasteiger partial charge in [0.05, 0.1) is 5.56 Å². The van der Waals surface area contributed by atoms with Gasteiger partial charge in [0.2, 0.25) is 0 Å². The third kappa shape index (κ3) is 3.37. The summed E-state index contributed by atoms with van der Waals surface area (Å²) in [6.07, 6.45) is -0.420. The van der Waals surface area contributed by atoms with Crippen LogP contribution in [0.1, 0.15) is 34.3 Å². The molecule has 28 heavy (non-hydrogen) atoms. The van der Waals surface area contributed by atoms with Crippen molar-refractivity contribution >= 4 is 11.6 Å². The highest BCUT2D eigenvalue weighted by Gasteiger charge is 2.38. The molecule has 144 valence electrons. The fourth-order valence-corrected chi connectivity index (χ4v) is 3.20. The van der Waals surface area contributed by atoms with E-state index in [4.69, 9.17) is 0 Å². The molecule has 2 heterocycles. The van der Waals surface area contributed by atoms with Crippen LogP contribution in [0.4, 0.5) is 13.2 Å². The lowest BCUT2D eigenvalue weighted by Gasteiger charge is -2.24. The van der Waals surface area contributed by atoms with Crippen molar-refractivity contribution in [3.05, 3.63) is 81.9 Å². The summed E-state index contributed by atoms with van der Waals surface area (Å²) in [7, 11) is 0. The van der Waals surface area contributed by atoms with E-state index in [1.165, 1.54) is 39.9 Å². The molecule has 0 N–H and O–H groups in total. The van der Waals surface area contributed by atoms with Crippen molar-refractivity contribution in [3.63, 3.8) is 0 Å². The van der Waals surface area contributed by atoms with E-state index >= 15 is 0 Å². The Kier molecular flexibility index (Phi) is 4.41. The number of hydrogen-bond donors (Lipinski definition) is 0. The zero-order valence-corrected chi connectivity index (χ0v) is 14.7. The van der Waals surface area contributed by atoms with Crippen LogP contribution in [0.3, 0.4) is 0 Å². The lowest BCUT2D eigenvalue weighted by molar-refractivity contribution is -0.138. The molecule has 0 spiro atoms. The summed E-state index contributed by atoms with van der Waals surface area (Å²) >= 11 is 0. The van der Waals surface area contributed by atoms with Gasteiger partial charge in [-0.25, -0.2) is 4.98 Å². The number of carbonyl (C=O) groups is 1. The van der Waals surface area contributed by atoms with Crippen molar-refractivity contribution in [1.29, 1.82) is 0 Å². The molecule has 0 saturated heterocycles. The monoisotopic (exact) mass is 387 g/mol. The Morgan fingerprint density at radius 1 is 1.14 bits per heavy atom. The first-order valence-electron chi connectivity index (χ1n) is 8.79. The second-order valence-electron chi connectivity index (χ2n) is 6.72. The van der Waals surface area contributed by atoms with Gasteiger partial charge in [0.25, 0.3) is 11.5 Å². The molecule has 2 aromatic heterocycles. The molecule has 8 heteroatoms. The lowest BCUT2D eigenvalue weighted by Crippen LogP contribution is -2.37. The average molecular weight is 387 g/mol. The summed E-state index contributed by atoms with van der Waals surface area (Å²) in [5, 5.41) is 0. The average Bonchev–Trinajstić information content (AvgIpc) is 3.51. The normalized spacial score (nSPS) is 14.2. The van der Waals surface area contributed by atoms with Gasteiger partial charge < -0.3 is 4.90 Å². The molecule has 1 fully saturated rings. The lowest BCUT2D eigenvalue weighted by atomic mass is 10.1. The van der Waals surface area contributed by atoms with Crippen molar-refractivity contribution < 1.29 is 18.0 Å². The van der Waals surface area contributed by atoms with Crippen LogP contribution in [-0.2, 0) is 12.7 Å². The van der Waals surface area contributed by atoms with Gasteiger partial charge in [-0.15, -0.1) is 0 Å². The Hall–Kier alpha value is -3.16. The first-order chi connectivity index (χ1) is 13.4. The fraction of sp³-hybridized carbons (Fsp3) is 0.250.